The Hall–Kier alpha value is -2.07. The molecular weight excluding hydrogens is 278 g/mol. The van der Waals surface area contributed by atoms with Gasteiger partial charge < -0.3 is 15.3 Å². The van der Waals surface area contributed by atoms with E-state index in [0.29, 0.717) is 11.6 Å². The van der Waals surface area contributed by atoms with Crippen LogP contribution in [0.4, 0.5) is 4.79 Å². The van der Waals surface area contributed by atoms with Crippen LogP contribution in [0.15, 0.2) is 5.38 Å². The zero-order valence-corrected chi connectivity index (χ0v) is 12.2. The van der Waals surface area contributed by atoms with Crippen molar-refractivity contribution in [2.24, 2.45) is 0 Å². The second kappa shape index (κ2) is 7.50. The lowest BCUT2D eigenvalue weighted by Gasteiger charge is -2.22. The molecule has 1 aromatic heterocycles. The van der Waals surface area contributed by atoms with Crippen LogP contribution in [0.3, 0.4) is 0 Å². The van der Waals surface area contributed by atoms with Crippen molar-refractivity contribution < 1.29 is 14.7 Å². The molecular formula is C13H17N3O3S. The van der Waals surface area contributed by atoms with Crippen LogP contribution in [-0.2, 0) is 0 Å². The van der Waals surface area contributed by atoms with Gasteiger partial charge in [-0.05, 0) is 13.3 Å². The summed E-state index contributed by atoms with van der Waals surface area (Å²) < 4.78 is 0. The average molecular weight is 295 g/mol. The number of carboxylic acids is 1. The number of aromatic nitrogens is 1. The number of rotatable bonds is 6. The molecule has 0 saturated heterocycles. The summed E-state index contributed by atoms with van der Waals surface area (Å²) in [7, 11) is 0. The first kappa shape index (κ1) is 16.0. The van der Waals surface area contributed by atoms with Crippen molar-refractivity contribution in [2.75, 3.05) is 13.1 Å². The molecule has 0 aliphatic rings. The summed E-state index contributed by atoms with van der Waals surface area (Å²) in [4.78, 5) is 28.3. The van der Waals surface area contributed by atoms with E-state index in [1.54, 1.807) is 6.92 Å². The van der Waals surface area contributed by atoms with Crippen LogP contribution in [-0.4, -0.2) is 40.1 Å². The molecule has 6 nitrogen and oxygen atoms in total. The second-order valence-corrected chi connectivity index (χ2v) is 5.06. The maximum absolute atomic E-state index is 12.0. The smallest absolute Gasteiger partial charge is 0.355 e. The largest absolute Gasteiger partial charge is 0.476 e. The van der Waals surface area contributed by atoms with Gasteiger partial charge in [-0.25, -0.2) is 14.6 Å². The summed E-state index contributed by atoms with van der Waals surface area (Å²) >= 11 is 1.20. The molecule has 0 fully saturated rings. The van der Waals surface area contributed by atoms with Crippen molar-refractivity contribution in [1.29, 1.82) is 0 Å². The number of carbonyl (C=O) groups is 2. The van der Waals surface area contributed by atoms with Crippen LogP contribution in [0, 0.1) is 12.3 Å². The average Bonchev–Trinajstić information content (AvgIpc) is 2.88. The first-order valence-corrected chi connectivity index (χ1v) is 7.05. The third kappa shape index (κ3) is 4.24. The fraction of sp³-hybridized carbons (Fsp3) is 0.462. The van der Waals surface area contributed by atoms with E-state index in [1.807, 2.05) is 6.92 Å². The van der Waals surface area contributed by atoms with Gasteiger partial charge in [-0.2, -0.15) is 0 Å². The molecule has 0 bridgehead atoms. The van der Waals surface area contributed by atoms with Crippen molar-refractivity contribution >= 4 is 23.3 Å². The molecule has 1 aromatic rings. The number of nitrogens with one attached hydrogen (secondary N) is 1. The van der Waals surface area contributed by atoms with Gasteiger partial charge >= 0.3 is 12.0 Å². The molecule has 2 N–H and O–H groups in total. The lowest BCUT2D eigenvalue weighted by atomic mass is 10.3. The van der Waals surface area contributed by atoms with Gasteiger partial charge in [0.15, 0.2) is 5.69 Å². The number of carbonyl (C=O) groups excluding carboxylic acids is 1. The number of nitrogens with zero attached hydrogens (tertiary/aromatic N) is 2. The normalized spacial score (nSPS) is 11.4. The maximum Gasteiger partial charge on any atom is 0.355 e. The zero-order valence-electron chi connectivity index (χ0n) is 11.4. The van der Waals surface area contributed by atoms with Crippen molar-refractivity contribution in [1.82, 2.24) is 15.2 Å². The van der Waals surface area contributed by atoms with Crippen LogP contribution in [0.5, 0.6) is 0 Å². The second-order valence-electron chi connectivity index (χ2n) is 4.17. The van der Waals surface area contributed by atoms with E-state index in [2.05, 4.69) is 16.2 Å². The van der Waals surface area contributed by atoms with Crippen LogP contribution in [0.1, 0.15) is 41.8 Å². The van der Waals surface area contributed by atoms with Crippen LogP contribution in [0.25, 0.3) is 0 Å². The number of terminal acetylenes is 1. The van der Waals surface area contributed by atoms with E-state index in [1.165, 1.54) is 21.6 Å². The highest BCUT2D eigenvalue weighted by Crippen LogP contribution is 2.18. The molecule has 0 saturated carbocycles. The summed E-state index contributed by atoms with van der Waals surface area (Å²) in [5, 5.41) is 13.6. The standard InChI is InChI=1S/C13H17N3O3S/c1-4-6-16(7-5-2)13(19)14-9(3)11-15-10(8-20-11)12(17)18/h1,8-9H,5-7H2,2-3H3,(H,14,19)(H,17,18). The first-order chi connectivity index (χ1) is 9.49. The molecule has 1 rings (SSSR count). The van der Waals surface area contributed by atoms with Crippen LogP contribution >= 0.6 is 11.3 Å². The molecule has 1 atom stereocenters. The molecule has 1 heterocycles. The van der Waals surface area contributed by atoms with Crippen molar-refractivity contribution in [3.63, 3.8) is 0 Å². The molecule has 7 heteroatoms. The van der Waals surface area contributed by atoms with E-state index in [0.717, 1.165) is 6.42 Å². The Balaban J connectivity index is 2.68. The van der Waals surface area contributed by atoms with Gasteiger partial charge in [0.05, 0.1) is 12.6 Å². The number of thiazole rings is 1. The Bertz CT molecular complexity index is 521. The van der Waals surface area contributed by atoms with Gasteiger partial charge in [0.25, 0.3) is 0 Å². The topological polar surface area (TPSA) is 82.5 Å². The van der Waals surface area contributed by atoms with Gasteiger partial charge in [-0.3, -0.25) is 0 Å². The Kier molecular flexibility index (Phi) is 6.00. The Labute approximate surface area is 121 Å². The van der Waals surface area contributed by atoms with E-state index in [4.69, 9.17) is 11.5 Å². The number of hydrogen-bond donors (Lipinski definition) is 2. The molecule has 0 spiro atoms. The summed E-state index contributed by atoms with van der Waals surface area (Å²) in [6.45, 7) is 4.52. The van der Waals surface area contributed by atoms with E-state index >= 15 is 0 Å². The molecule has 20 heavy (non-hydrogen) atoms. The monoisotopic (exact) mass is 295 g/mol. The third-order valence-electron chi connectivity index (χ3n) is 2.51. The summed E-state index contributed by atoms with van der Waals surface area (Å²) in [6.07, 6.45) is 6.04. The van der Waals surface area contributed by atoms with E-state index in [-0.39, 0.29) is 24.3 Å². The highest BCUT2D eigenvalue weighted by Gasteiger charge is 2.18. The number of hydrogen-bond acceptors (Lipinski definition) is 4. The first-order valence-electron chi connectivity index (χ1n) is 6.17. The molecule has 0 radical (unpaired) electrons. The predicted molar refractivity (Wildman–Crippen MR) is 76.7 cm³/mol. The van der Waals surface area contributed by atoms with E-state index in [9.17, 15) is 9.59 Å². The highest BCUT2D eigenvalue weighted by atomic mass is 32.1. The maximum atomic E-state index is 12.0. The lowest BCUT2D eigenvalue weighted by molar-refractivity contribution is 0.0691. The molecule has 0 aliphatic heterocycles. The number of urea groups is 1. The molecule has 0 aliphatic carbocycles. The van der Waals surface area contributed by atoms with Gasteiger partial charge in [-0.1, -0.05) is 12.8 Å². The van der Waals surface area contributed by atoms with Crippen LogP contribution < -0.4 is 5.32 Å². The minimum absolute atomic E-state index is 0.0138. The Morgan fingerprint density at radius 1 is 1.65 bits per heavy atom. The number of aromatic carboxylic acids is 1. The summed E-state index contributed by atoms with van der Waals surface area (Å²) in [5.41, 5.74) is -0.0138. The van der Waals surface area contributed by atoms with Gasteiger partial charge in [-0.15, -0.1) is 17.8 Å². The summed E-state index contributed by atoms with van der Waals surface area (Å²) in [5.74, 6) is 1.36. The van der Waals surface area contributed by atoms with Crippen molar-refractivity contribution in [3.05, 3.63) is 16.1 Å². The van der Waals surface area contributed by atoms with Crippen molar-refractivity contribution in [2.45, 2.75) is 26.3 Å². The lowest BCUT2D eigenvalue weighted by Crippen LogP contribution is -2.41. The summed E-state index contributed by atoms with van der Waals surface area (Å²) in [6, 6.07) is -0.637. The van der Waals surface area contributed by atoms with Gasteiger partial charge in [0, 0.05) is 11.9 Å². The molecule has 0 aromatic carbocycles. The van der Waals surface area contributed by atoms with Gasteiger partial charge in [0.2, 0.25) is 0 Å². The number of amides is 2. The zero-order chi connectivity index (χ0) is 15.1. The minimum atomic E-state index is -1.08. The molecule has 1 unspecified atom stereocenters. The van der Waals surface area contributed by atoms with Crippen LogP contribution in [0.2, 0.25) is 0 Å². The Morgan fingerprint density at radius 3 is 2.85 bits per heavy atom. The number of carboxylic acid groups (broad SMARTS) is 1. The highest BCUT2D eigenvalue weighted by molar-refractivity contribution is 7.09. The third-order valence-corrected chi connectivity index (χ3v) is 3.54. The quantitative estimate of drug-likeness (QED) is 0.786. The van der Waals surface area contributed by atoms with E-state index < -0.39 is 5.97 Å². The SMILES string of the molecule is C#CCN(CCC)C(=O)NC(C)c1nc(C(=O)O)cs1. The predicted octanol–water partition coefficient (Wildman–Crippen LogP) is 1.96. The molecule has 2 amide bonds. The fourth-order valence-corrected chi connectivity index (χ4v) is 2.36. The fourth-order valence-electron chi connectivity index (χ4n) is 1.56. The van der Waals surface area contributed by atoms with Crippen molar-refractivity contribution in [3.8, 4) is 12.3 Å². The Morgan fingerprint density at radius 2 is 2.35 bits per heavy atom. The molecule has 108 valence electrons. The van der Waals surface area contributed by atoms with Gasteiger partial charge in [0.1, 0.15) is 5.01 Å². The minimum Gasteiger partial charge on any atom is -0.476 e.